The van der Waals surface area contributed by atoms with Gasteiger partial charge in [0.05, 0.1) is 25.0 Å². The number of fused-ring (bicyclic) bond motifs is 1. The SMILES string of the molecule is COc1ccc(-n2c(COC(F)F)nnc2N2CC(n3cc(C)c4cc(F)ccc43)C2)cn1. The van der Waals surface area contributed by atoms with Gasteiger partial charge in [0.15, 0.2) is 5.82 Å². The highest BCUT2D eigenvalue weighted by molar-refractivity contribution is 5.84. The van der Waals surface area contributed by atoms with Crippen LogP contribution in [0.5, 0.6) is 5.88 Å². The molecule has 0 N–H and O–H groups in total. The van der Waals surface area contributed by atoms with Crippen LogP contribution in [0.2, 0.25) is 0 Å². The normalized spacial score (nSPS) is 14.3. The molecule has 1 aromatic carbocycles. The average molecular weight is 458 g/mol. The zero-order valence-electron chi connectivity index (χ0n) is 18.0. The van der Waals surface area contributed by atoms with Crippen LogP contribution in [0.1, 0.15) is 17.4 Å². The largest absolute Gasteiger partial charge is 0.481 e. The minimum atomic E-state index is -2.92. The van der Waals surface area contributed by atoms with Gasteiger partial charge < -0.3 is 18.9 Å². The lowest BCUT2D eigenvalue weighted by molar-refractivity contribution is -0.139. The molecule has 172 valence electrons. The van der Waals surface area contributed by atoms with Crippen LogP contribution in [0, 0.1) is 12.7 Å². The zero-order chi connectivity index (χ0) is 23.1. The summed E-state index contributed by atoms with van der Waals surface area (Å²) in [5.74, 6) is 0.899. The molecule has 11 heteroatoms. The van der Waals surface area contributed by atoms with E-state index in [-0.39, 0.29) is 17.7 Å². The number of rotatable bonds is 7. The van der Waals surface area contributed by atoms with Gasteiger partial charge in [0.1, 0.15) is 12.4 Å². The van der Waals surface area contributed by atoms with Gasteiger partial charge >= 0.3 is 6.61 Å². The smallest absolute Gasteiger partial charge is 0.345 e. The second-order valence-electron chi connectivity index (χ2n) is 7.82. The maximum Gasteiger partial charge on any atom is 0.345 e. The number of anilines is 1. The van der Waals surface area contributed by atoms with E-state index >= 15 is 0 Å². The van der Waals surface area contributed by atoms with Crippen LogP contribution < -0.4 is 9.64 Å². The lowest BCUT2D eigenvalue weighted by Crippen LogP contribution is -2.48. The lowest BCUT2D eigenvalue weighted by Gasteiger charge is -2.41. The minimum absolute atomic E-state index is 0.145. The van der Waals surface area contributed by atoms with Crippen LogP contribution in [0.15, 0.2) is 42.7 Å². The fraction of sp³-hybridized carbons (Fsp3) is 0.318. The Hall–Kier alpha value is -3.60. The molecule has 0 atom stereocenters. The third-order valence-electron chi connectivity index (χ3n) is 5.77. The van der Waals surface area contributed by atoms with E-state index in [4.69, 9.17) is 4.74 Å². The van der Waals surface area contributed by atoms with E-state index in [1.54, 1.807) is 35.0 Å². The fourth-order valence-corrected chi connectivity index (χ4v) is 4.13. The van der Waals surface area contributed by atoms with Gasteiger partial charge in [0, 0.05) is 36.3 Å². The molecule has 0 bridgehead atoms. The van der Waals surface area contributed by atoms with Crippen molar-refractivity contribution in [3.63, 3.8) is 0 Å². The fourth-order valence-electron chi connectivity index (χ4n) is 4.13. The first-order valence-electron chi connectivity index (χ1n) is 10.3. The lowest BCUT2D eigenvalue weighted by atomic mass is 10.1. The molecular formula is C22H21F3N6O2. The van der Waals surface area contributed by atoms with Crippen LogP contribution in [-0.4, -0.2) is 51.1 Å². The van der Waals surface area contributed by atoms with Crippen molar-refractivity contribution >= 4 is 16.9 Å². The van der Waals surface area contributed by atoms with Gasteiger partial charge in [-0.25, -0.2) is 9.37 Å². The van der Waals surface area contributed by atoms with Gasteiger partial charge in [-0.05, 0) is 36.8 Å². The number of alkyl halides is 2. The molecule has 0 unspecified atom stereocenters. The van der Waals surface area contributed by atoms with Gasteiger partial charge in [-0.2, -0.15) is 8.78 Å². The van der Waals surface area contributed by atoms with E-state index in [1.165, 1.54) is 13.2 Å². The summed E-state index contributed by atoms with van der Waals surface area (Å²) in [5.41, 5.74) is 2.57. The number of hydrogen-bond acceptors (Lipinski definition) is 6. The van der Waals surface area contributed by atoms with Crippen LogP contribution in [-0.2, 0) is 11.3 Å². The molecule has 3 aromatic heterocycles. The quantitative estimate of drug-likeness (QED) is 0.419. The summed E-state index contributed by atoms with van der Waals surface area (Å²) < 4.78 is 52.3. The molecule has 0 amide bonds. The molecule has 5 rings (SSSR count). The Morgan fingerprint density at radius 2 is 1.97 bits per heavy atom. The molecule has 0 radical (unpaired) electrons. The number of aryl methyl sites for hydroxylation is 1. The summed E-state index contributed by atoms with van der Waals surface area (Å²) in [7, 11) is 1.51. The summed E-state index contributed by atoms with van der Waals surface area (Å²) in [4.78, 5) is 6.20. The molecule has 8 nitrogen and oxygen atoms in total. The van der Waals surface area contributed by atoms with Crippen molar-refractivity contribution in [3.8, 4) is 11.6 Å². The number of nitrogens with zero attached hydrogens (tertiary/aromatic N) is 6. The Morgan fingerprint density at radius 3 is 2.67 bits per heavy atom. The Labute approximate surface area is 187 Å². The minimum Gasteiger partial charge on any atom is -0.481 e. The molecule has 1 fully saturated rings. The molecule has 0 aliphatic carbocycles. The molecule has 1 aliphatic rings. The number of aromatic nitrogens is 5. The third-order valence-corrected chi connectivity index (χ3v) is 5.77. The summed E-state index contributed by atoms with van der Waals surface area (Å²) in [6.07, 6.45) is 3.58. The second-order valence-corrected chi connectivity index (χ2v) is 7.82. The van der Waals surface area contributed by atoms with Gasteiger partial charge in [0.2, 0.25) is 11.8 Å². The van der Waals surface area contributed by atoms with Gasteiger partial charge in [-0.15, -0.1) is 10.2 Å². The highest BCUT2D eigenvalue weighted by atomic mass is 19.3. The monoisotopic (exact) mass is 458 g/mol. The van der Waals surface area contributed by atoms with E-state index in [1.807, 2.05) is 18.0 Å². The molecule has 4 aromatic rings. The molecule has 4 heterocycles. The Morgan fingerprint density at radius 1 is 1.15 bits per heavy atom. The molecule has 0 saturated carbocycles. The molecule has 0 spiro atoms. The molecule has 33 heavy (non-hydrogen) atoms. The zero-order valence-corrected chi connectivity index (χ0v) is 18.0. The van der Waals surface area contributed by atoms with Crippen molar-refractivity contribution in [2.24, 2.45) is 0 Å². The van der Waals surface area contributed by atoms with E-state index in [0.717, 1.165) is 16.5 Å². The van der Waals surface area contributed by atoms with Crippen LogP contribution in [0.3, 0.4) is 0 Å². The molecule has 1 saturated heterocycles. The summed E-state index contributed by atoms with van der Waals surface area (Å²) in [5, 5.41) is 9.20. The standard InChI is InChI=1S/C22H21F3N6O2/c1-13-9-30(18-5-3-14(23)7-17(13)18)16-10-29(11-16)22-28-27-19(12-33-21(24)25)31(22)15-4-6-20(32-2)26-8-15/h3-9,16,21H,10-12H2,1-2H3. The molecule has 1 aliphatic heterocycles. The second kappa shape index (κ2) is 8.39. The van der Waals surface area contributed by atoms with Crippen molar-refractivity contribution in [2.45, 2.75) is 26.2 Å². The predicted molar refractivity (Wildman–Crippen MR) is 114 cm³/mol. The Kier molecular flexibility index (Phi) is 5.41. The average Bonchev–Trinajstić information content (AvgIpc) is 3.33. The highest BCUT2D eigenvalue weighted by Crippen LogP contribution is 2.33. The topological polar surface area (TPSA) is 70.2 Å². The first-order chi connectivity index (χ1) is 15.9. The summed E-state index contributed by atoms with van der Waals surface area (Å²) in [6, 6.07) is 8.35. The number of benzene rings is 1. The Bertz CT molecular complexity index is 1280. The number of pyridine rings is 1. The summed E-state index contributed by atoms with van der Waals surface area (Å²) in [6.45, 7) is -0.120. The van der Waals surface area contributed by atoms with Crippen molar-refractivity contribution < 1.29 is 22.6 Å². The first-order valence-corrected chi connectivity index (χ1v) is 10.3. The van der Waals surface area contributed by atoms with E-state index in [9.17, 15) is 13.2 Å². The van der Waals surface area contributed by atoms with Crippen LogP contribution in [0.4, 0.5) is 19.1 Å². The van der Waals surface area contributed by atoms with E-state index in [0.29, 0.717) is 30.6 Å². The predicted octanol–water partition coefficient (Wildman–Crippen LogP) is 3.87. The maximum atomic E-state index is 13.7. The number of halogens is 3. The third kappa shape index (κ3) is 3.88. The van der Waals surface area contributed by atoms with E-state index in [2.05, 4.69) is 24.5 Å². The van der Waals surface area contributed by atoms with Crippen molar-refractivity contribution in [3.05, 3.63) is 59.9 Å². The Balaban J connectivity index is 1.43. The molecular weight excluding hydrogens is 437 g/mol. The number of methoxy groups -OCH3 is 1. The van der Waals surface area contributed by atoms with Crippen molar-refractivity contribution in [2.75, 3.05) is 25.1 Å². The van der Waals surface area contributed by atoms with Crippen LogP contribution in [0.25, 0.3) is 16.6 Å². The van der Waals surface area contributed by atoms with Gasteiger partial charge in [0.25, 0.3) is 0 Å². The van der Waals surface area contributed by atoms with Gasteiger partial charge in [-0.3, -0.25) is 4.57 Å². The van der Waals surface area contributed by atoms with E-state index < -0.39 is 13.2 Å². The number of hydrogen-bond donors (Lipinski definition) is 0. The highest BCUT2D eigenvalue weighted by Gasteiger charge is 2.33. The summed E-state index contributed by atoms with van der Waals surface area (Å²) >= 11 is 0. The first kappa shape index (κ1) is 21.3. The number of ether oxygens (including phenoxy) is 2. The van der Waals surface area contributed by atoms with Crippen molar-refractivity contribution in [1.29, 1.82) is 0 Å². The van der Waals surface area contributed by atoms with Crippen LogP contribution >= 0.6 is 0 Å². The maximum absolute atomic E-state index is 13.7. The van der Waals surface area contributed by atoms with Crippen molar-refractivity contribution in [1.82, 2.24) is 24.3 Å². The van der Waals surface area contributed by atoms with Gasteiger partial charge in [-0.1, -0.05) is 0 Å².